The third kappa shape index (κ3) is 2.31. The maximum Gasteiger partial charge on any atom is 0.322 e. The Morgan fingerprint density at radius 1 is 1.50 bits per heavy atom. The molecule has 1 heterocycles. The summed E-state index contributed by atoms with van der Waals surface area (Å²) in [6.45, 7) is 2.77. The molecule has 2 aromatic rings. The third-order valence-electron chi connectivity index (χ3n) is 2.78. The summed E-state index contributed by atoms with van der Waals surface area (Å²) in [5.41, 5.74) is 6.47. The molecule has 2 rings (SSSR count). The van der Waals surface area contributed by atoms with Gasteiger partial charge in [0.25, 0.3) is 0 Å². The van der Waals surface area contributed by atoms with Gasteiger partial charge in [-0.15, -0.1) is 0 Å². The lowest BCUT2D eigenvalue weighted by atomic mass is 10.2. The summed E-state index contributed by atoms with van der Waals surface area (Å²) in [4.78, 5) is 10.8. The van der Waals surface area contributed by atoms with Gasteiger partial charge < -0.3 is 20.1 Å². The van der Waals surface area contributed by atoms with E-state index in [1.54, 1.807) is 0 Å². The van der Waals surface area contributed by atoms with Crippen molar-refractivity contribution in [3.05, 3.63) is 30.5 Å². The smallest absolute Gasteiger partial charge is 0.322 e. The second kappa shape index (κ2) is 5.10. The zero-order valence-electron chi connectivity index (χ0n) is 10.2. The number of carbonyl (C=O) groups is 1. The molecule has 0 aliphatic carbocycles. The van der Waals surface area contributed by atoms with Gasteiger partial charge in [0, 0.05) is 18.1 Å². The van der Waals surface area contributed by atoms with E-state index >= 15 is 0 Å². The molecular formula is C13H16N2O3. The van der Waals surface area contributed by atoms with E-state index in [-0.39, 0.29) is 6.54 Å². The molecule has 1 unspecified atom stereocenters. The van der Waals surface area contributed by atoms with Crippen molar-refractivity contribution in [2.75, 3.05) is 6.61 Å². The number of hydrogen-bond acceptors (Lipinski definition) is 3. The maximum absolute atomic E-state index is 10.8. The van der Waals surface area contributed by atoms with Crippen molar-refractivity contribution < 1.29 is 14.6 Å². The largest absolute Gasteiger partial charge is 0.493 e. The number of aliphatic carboxylic acids is 1. The highest BCUT2D eigenvalue weighted by Crippen LogP contribution is 2.26. The quantitative estimate of drug-likeness (QED) is 0.839. The molecule has 1 atom stereocenters. The monoisotopic (exact) mass is 248 g/mol. The highest BCUT2D eigenvalue weighted by molar-refractivity contribution is 5.86. The van der Waals surface area contributed by atoms with Crippen molar-refractivity contribution in [2.24, 2.45) is 5.73 Å². The van der Waals surface area contributed by atoms with E-state index in [2.05, 4.69) is 0 Å². The minimum absolute atomic E-state index is 0.244. The van der Waals surface area contributed by atoms with Gasteiger partial charge in [0.2, 0.25) is 0 Å². The molecule has 3 N–H and O–H groups in total. The van der Waals surface area contributed by atoms with Crippen LogP contribution in [-0.2, 0) is 11.3 Å². The number of rotatable bonds is 5. The third-order valence-corrected chi connectivity index (χ3v) is 2.78. The fourth-order valence-corrected chi connectivity index (χ4v) is 1.93. The molecule has 5 nitrogen and oxygen atoms in total. The Balaban J connectivity index is 2.36. The summed E-state index contributed by atoms with van der Waals surface area (Å²) >= 11 is 0. The first kappa shape index (κ1) is 12.4. The minimum atomic E-state index is -1.00. The molecule has 5 heteroatoms. The Hall–Kier alpha value is -2.01. The molecule has 0 aliphatic rings. The fourth-order valence-electron chi connectivity index (χ4n) is 1.93. The molecule has 96 valence electrons. The first-order valence-corrected chi connectivity index (χ1v) is 5.82. The van der Waals surface area contributed by atoms with E-state index in [0.29, 0.717) is 6.61 Å². The topological polar surface area (TPSA) is 77.5 Å². The van der Waals surface area contributed by atoms with Crippen molar-refractivity contribution in [2.45, 2.75) is 19.5 Å². The molecule has 0 amide bonds. The minimum Gasteiger partial charge on any atom is -0.493 e. The number of hydrogen-bond donors (Lipinski definition) is 2. The Morgan fingerprint density at radius 3 is 2.94 bits per heavy atom. The number of fused-ring (bicyclic) bond motifs is 1. The van der Waals surface area contributed by atoms with Crippen LogP contribution in [0.3, 0.4) is 0 Å². The SMILES string of the molecule is CCOc1cccc2c1ccn2CC(N)C(=O)O. The van der Waals surface area contributed by atoms with E-state index in [9.17, 15) is 4.79 Å². The summed E-state index contributed by atoms with van der Waals surface area (Å²) in [7, 11) is 0. The van der Waals surface area contributed by atoms with Crippen molar-refractivity contribution >= 4 is 16.9 Å². The number of benzene rings is 1. The van der Waals surface area contributed by atoms with Crippen LogP contribution in [-0.4, -0.2) is 28.3 Å². The Kier molecular flexibility index (Phi) is 3.53. The maximum atomic E-state index is 10.8. The first-order chi connectivity index (χ1) is 8.63. The van der Waals surface area contributed by atoms with Gasteiger partial charge in [-0.3, -0.25) is 4.79 Å². The van der Waals surface area contributed by atoms with Crippen LogP contribution in [0.15, 0.2) is 30.5 Å². The highest BCUT2D eigenvalue weighted by atomic mass is 16.5. The van der Waals surface area contributed by atoms with Gasteiger partial charge >= 0.3 is 5.97 Å². The van der Waals surface area contributed by atoms with E-state index in [4.69, 9.17) is 15.6 Å². The molecular weight excluding hydrogens is 232 g/mol. The molecule has 18 heavy (non-hydrogen) atoms. The van der Waals surface area contributed by atoms with Crippen molar-refractivity contribution in [1.82, 2.24) is 4.57 Å². The number of ether oxygens (including phenoxy) is 1. The van der Waals surface area contributed by atoms with Gasteiger partial charge in [0.15, 0.2) is 0 Å². The van der Waals surface area contributed by atoms with Crippen LogP contribution in [0.2, 0.25) is 0 Å². The average Bonchev–Trinajstić information content (AvgIpc) is 2.74. The second-order valence-electron chi connectivity index (χ2n) is 4.03. The van der Waals surface area contributed by atoms with Gasteiger partial charge in [0.1, 0.15) is 11.8 Å². The van der Waals surface area contributed by atoms with Crippen LogP contribution in [0.4, 0.5) is 0 Å². The average molecular weight is 248 g/mol. The molecule has 0 radical (unpaired) electrons. The van der Waals surface area contributed by atoms with Crippen LogP contribution in [0.25, 0.3) is 10.9 Å². The van der Waals surface area contributed by atoms with E-state index in [1.165, 1.54) is 0 Å². The standard InChI is InChI=1S/C13H16N2O3/c1-2-18-12-5-3-4-11-9(12)6-7-15(11)8-10(14)13(16)17/h3-7,10H,2,8,14H2,1H3,(H,16,17). The second-order valence-corrected chi connectivity index (χ2v) is 4.03. The van der Waals surface area contributed by atoms with Crippen molar-refractivity contribution in [3.8, 4) is 5.75 Å². The fraction of sp³-hybridized carbons (Fsp3) is 0.308. The number of carboxylic acid groups (broad SMARTS) is 1. The van der Waals surface area contributed by atoms with Crippen LogP contribution < -0.4 is 10.5 Å². The van der Waals surface area contributed by atoms with Crippen LogP contribution in [0, 0.1) is 0 Å². The van der Waals surface area contributed by atoms with Gasteiger partial charge in [-0.1, -0.05) is 6.07 Å². The summed E-state index contributed by atoms with van der Waals surface area (Å²) < 4.78 is 7.35. The lowest BCUT2D eigenvalue weighted by Crippen LogP contribution is -2.34. The zero-order valence-corrected chi connectivity index (χ0v) is 10.2. The number of aromatic nitrogens is 1. The van der Waals surface area contributed by atoms with E-state index in [0.717, 1.165) is 16.7 Å². The molecule has 0 fully saturated rings. The van der Waals surface area contributed by atoms with Gasteiger partial charge in [-0.25, -0.2) is 0 Å². The summed E-state index contributed by atoms with van der Waals surface area (Å²) in [6, 6.07) is 6.71. The lowest BCUT2D eigenvalue weighted by Gasteiger charge is -2.10. The van der Waals surface area contributed by atoms with Crippen LogP contribution in [0.5, 0.6) is 5.75 Å². The van der Waals surface area contributed by atoms with Crippen molar-refractivity contribution in [3.63, 3.8) is 0 Å². The highest BCUT2D eigenvalue weighted by Gasteiger charge is 2.14. The Morgan fingerprint density at radius 2 is 2.28 bits per heavy atom. The summed E-state index contributed by atoms with van der Waals surface area (Å²) in [5, 5.41) is 9.80. The van der Waals surface area contributed by atoms with Crippen LogP contribution in [0.1, 0.15) is 6.92 Å². The molecule has 0 saturated carbocycles. The van der Waals surface area contributed by atoms with Crippen LogP contribution >= 0.6 is 0 Å². The van der Waals surface area contributed by atoms with E-state index < -0.39 is 12.0 Å². The number of carboxylic acids is 1. The normalized spacial score (nSPS) is 12.6. The molecule has 1 aromatic carbocycles. The molecule has 0 aliphatic heterocycles. The summed E-state index contributed by atoms with van der Waals surface area (Å²) in [6.07, 6.45) is 1.83. The number of nitrogens with two attached hydrogens (primary N) is 1. The first-order valence-electron chi connectivity index (χ1n) is 5.82. The zero-order chi connectivity index (χ0) is 13.1. The predicted octanol–water partition coefficient (Wildman–Crippen LogP) is 1.45. The van der Waals surface area contributed by atoms with Crippen molar-refractivity contribution in [1.29, 1.82) is 0 Å². The molecule has 0 spiro atoms. The molecule has 0 saturated heterocycles. The van der Waals surface area contributed by atoms with Gasteiger partial charge in [0.05, 0.1) is 12.1 Å². The van der Waals surface area contributed by atoms with Gasteiger partial charge in [-0.2, -0.15) is 0 Å². The lowest BCUT2D eigenvalue weighted by molar-refractivity contribution is -0.138. The Bertz CT molecular complexity index is 562. The summed E-state index contributed by atoms with van der Waals surface area (Å²) in [5.74, 6) is -0.199. The predicted molar refractivity (Wildman–Crippen MR) is 68.7 cm³/mol. The molecule has 1 aromatic heterocycles. The number of nitrogens with zero attached hydrogens (tertiary/aromatic N) is 1. The van der Waals surface area contributed by atoms with Gasteiger partial charge in [-0.05, 0) is 25.1 Å². The Labute approximate surface area is 105 Å². The molecule has 0 bridgehead atoms. The van der Waals surface area contributed by atoms with E-state index in [1.807, 2.05) is 42.0 Å².